The fourth-order valence-corrected chi connectivity index (χ4v) is 0.907. The van der Waals surface area contributed by atoms with Crippen molar-refractivity contribution in [3.05, 3.63) is 33.5 Å². The standard InChI is InChI=1S/C7H5ClFN2/c1-4-2-7(11-10)5(8)3-6(4)9/h2-3H,1H3/q+1. The van der Waals surface area contributed by atoms with E-state index in [1.165, 1.54) is 6.07 Å². The van der Waals surface area contributed by atoms with Crippen molar-refractivity contribution in [2.75, 3.05) is 0 Å². The van der Waals surface area contributed by atoms with Gasteiger partial charge >= 0.3 is 5.69 Å². The zero-order chi connectivity index (χ0) is 8.43. The minimum absolute atomic E-state index is 0.107. The summed E-state index contributed by atoms with van der Waals surface area (Å²) in [6.45, 7) is 1.57. The number of diazo groups is 1. The van der Waals surface area contributed by atoms with Gasteiger partial charge in [-0.1, -0.05) is 11.6 Å². The maximum absolute atomic E-state index is 12.7. The number of benzene rings is 1. The molecule has 11 heavy (non-hydrogen) atoms. The predicted octanol–water partition coefficient (Wildman–Crippen LogP) is 3.27. The number of nitrogens with zero attached hydrogens (tertiary/aromatic N) is 2. The summed E-state index contributed by atoms with van der Waals surface area (Å²) in [6.07, 6.45) is 0. The minimum Gasteiger partial charge on any atom is -0.207 e. The third kappa shape index (κ3) is 1.47. The van der Waals surface area contributed by atoms with Gasteiger partial charge in [0.1, 0.15) is 10.8 Å². The Morgan fingerprint density at radius 3 is 2.73 bits per heavy atom. The molecule has 0 spiro atoms. The van der Waals surface area contributed by atoms with E-state index in [1.54, 1.807) is 6.92 Å². The Balaban J connectivity index is 3.35. The zero-order valence-corrected chi connectivity index (χ0v) is 6.56. The topological polar surface area (TPSA) is 28.1 Å². The average Bonchev–Trinajstić information content (AvgIpc) is 1.97. The molecule has 2 nitrogen and oxygen atoms in total. The highest BCUT2D eigenvalue weighted by Gasteiger charge is 2.14. The first-order valence-electron chi connectivity index (χ1n) is 2.96. The smallest absolute Gasteiger partial charge is 0.207 e. The molecule has 1 aromatic carbocycles. The summed E-state index contributed by atoms with van der Waals surface area (Å²) >= 11 is 5.51. The lowest BCUT2D eigenvalue weighted by Crippen LogP contribution is -1.80. The lowest BCUT2D eigenvalue weighted by molar-refractivity contribution is 0.619. The molecule has 56 valence electrons. The molecule has 0 aliphatic carbocycles. The molecule has 0 aliphatic rings. The second-order valence-electron chi connectivity index (χ2n) is 2.15. The lowest BCUT2D eigenvalue weighted by atomic mass is 10.2. The summed E-state index contributed by atoms with van der Waals surface area (Å²) < 4.78 is 12.7. The van der Waals surface area contributed by atoms with Gasteiger partial charge < -0.3 is 0 Å². The first-order valence-corrected chi connectivity index (χ1v) is 3.33. The Kier molecular flexibility index (Phi) is 2.06. The molecule has 0 atom stereocenters. The van der Waals surface area contributed by atoms with Crippen LogP contribution in [0.15, 0.2) is 12.1 Å². The van der Waals surface area contributed by atoms with Crippen LogP contribution in [0.25, 0.3) is 4.98 Å². The second kappa shape index (κ2) is 2.85. The molecule has 0 saturated carbocycles. The van der Waals surface area contributed by atoms with Gasteiger partial charge in [0.05, 0.1) is 0 Å². The van der Waals surface area contributed by atoms with E-state index in [9.17, 15) is 4.39 Å². The monoisotopic (exact) mass is 171 g/mol. The van der Waals surface area contributed by atoms with E-state index in [1.807, 2.05) is 0 Å². The number of halogens is 2. The Labute approximate surface area is 68.2 Å². The first-order chi connectivity index (χ1) is 5.15. The summed E-state index contributed by atoms with van der Waals surface area (Å²) in [5.41, 5.74) is 0.591. The van der Waals surface area contributed by atoms with E-state index < -0.39 is 5.82 Å². The van der Waals surface area contributed by atoms with Crippen LogP contribution in [0.2, 0.25) is 5.02 Å². The SMILES string of the molecule is Cc1cc([N+]#N)c(Cl)cc1F. The van der Waals surface area contributed by atoms with Crippen molar-refractivity contribution in [2.45, 2.75) is 6.92 Å². The largest absolute Gasteiger partial charge is 0.403 e. The molecule has 0 unspecified atom stereocenters. The molecule has 1 aromatic rings. The van der Waals surface area contributed by atoms with E-state index in [-0.39, 0.29) is 10.7 Å². The Hall–Kier alpha value is -1.14. The van der Waals surface area contributed by atoms with Gasteiger partial charge in [-0.15, -0.1) is 0 Å². The number of hydrogen-bond acceptors (Lipinski definition) is 1. The maximum Gasteiger partial charge on any atom is 0.403 e. The molecular formula is C7H5ClFN2+. The van der Waals surface area contributed by atoms with Crippen molar-refractivity contribution >= 4 is 17.3 Å². The van der Waals surface area contributed by atoms with Crippen LogP contribution in [-0.4, -0.2) is 0 Å². The molecule has 0 bridgehead atoms. The zero-order valence-electron chi connectivity index (χ0n) is 5.81. The number of aryl methyl sites for hydroxylation is 1. The van der Waals surface area contributed by atoms with Crippen LogP contribution in [0, 0.1) is 18.1 Å². The summed E-state index contributed by atoms with van der Waals surface area (Å²) in [5, 5.41) is 8.46. The van der Waals surface area contributed by atoms with Gasteiger partial charge in [0.25, 0.3) is 0 Å². The summed E-state index contributed by atoms with van der Waals surface area (Å²) in [6, 6.07) is 2.49. The van der Waals surface area contributed by atoms with Crippen LogP contribution in [0.1, 0.15) is 5.56 Å². The number of hydrogen-bond donors (Lipinski definition) is 0. The molecule has 0 N–H and O–H groups in total. The van der Waals surface area contributed by atoms with Gasteiger partial charge in [-0.3, -0.25) is 0 Å². The quantitative estimate of drug-likeness (QED) is 0.551. The fraction of sp³-hybridized carbons (Fsp3) is 0.143. The molecular weight excluding hydrogens is 167 g/mol. The first kappa shape index (κ1) is 7.96. The molecule has 0 fully saturated rings. The molecule has 0 radical (unpaired) electrons. The van der Waals surface area contributed by atoms with Crippen molar-refractivity contribution in [1.29, 1.82) is 5.39 Å². The third-order valence-corrected chi connectivity index (χ3v) is 1.64. The van der Waals surface area contributed by atoms with Crippen LogP contribution in [0.4, 0.5) is 10.1 Å². The molecule has 0 aliphatic heterocycles. The van der Waals surface area contributed by atoms with Crippen LogP contribution >= 0.6 is 11.6 Å². The van der Waals surface area contributed by atoms with Gasteiger partial charge in [-0.2, -0.15) is 0 Å². The highest BCUT2D eigenvalue weighted by atomic mass is 35.5. The van der Waals surface area contributed by atoms with Crippen molar-refractivity contribution in [1.82, 2.24) is 0 Å². The van der Waals surface area contributed by atoms with Crippen molar-refractivity contribution in [2.24, 2.45) is 0 Å². The average molecular weight is 172 g/mol. The Morgan fingerprint density at radius 1 is 1.55 bits per heavy atom. The lowest BCUT2D eigenvalue weighted by Gasteiger charge is -1.91. The molecule has 4 heteroatoms. The molecule has 0 heterocycles. The normalized spacial score (nSPS) is 9.27. The molecule has 1 rings (SSSR count). The van der Waals surface area contributed by atoms with Crippen LogP contribution in [0.5, 0.6) is 0 Å². The summed E-state index contributed by atoms with van der Waals surface area (Å²) in [7, 11) is 0. The van der Waals surface area contributed by atoms with Crippen molar-refractivity contribution in [3.8, 4) is 0 Å². The fourth-order valence-electron chi connectivity index (χ4n) is 0.719. The highest BCUT2D eigenvalue weighted by molar-refractivity contribution is 6.33. The van der Waals surface area contributed by atoms with Gasteiger partial charge in [0.2, 0.25) is 5.39 Å². The predicted molar refractivity (Wildman–Crippen MR) is 40.9 cm³/mol. The van der Waals surface area contributed by atoms with Crippen LogP contribution in [-0.2, 0) is 0 Å². The Bertz CT molecular complexity index is 330. The van der Waals surface area contributed by atoms with E-state index in [0.29, 0.717) is 5.56 Å². The van der Waals surface area contributed by atoms with Gasteiger partial charge in [-0.25, -0.2) is 4.39 Å². The van der Waals surface area contributed by atoms with Crippen LogP contribution < -0.4 is 0 Å². The van der Waals surface area contributed by atoms with Gasteiger partial charge in [-0.05, 0) is 12.5 Å². The molecule has 0 aromatic heterocycles. The highest BCUT2D eigenvalue weighted by Crippen LogP contribution is 2.27. The van der Waals surface area contributed by atoms with E-state index in [4.69, 9.17) is 17.0 Å². The molecule has 0 amide bonds. The van der Waals surface area contributed by atoms with E-state index >= 15 is 0 Å². The maximum atomic E-state index is 12.7. The van der Waals surface area contributed by atoms with Crippen LogP contribution in [0.3, 0.4) is 0 Å². The van der Waals surface area contributed by atoms with Gasteiger partial charge in [0, 0.05) is 12.1 Å². The number of rotatable bonds is 0. The third-order valence-electron chi connectivity index (χ3n) is 1.34. The van der Waals surface area contributed by atoms with E-state index in [0.717, 1.165) is 6.07 Å². The summed E-state index contributed by atoms with van der Waals surface area (Å²) in [4.78, 5) is 2.87. The Morgan fingerprint density at radius 2 is 2.18 bits per heavy atom. The van der Waals surface area contributed by atoms with Crippen molar-refractivity contribution in [3.63, 3.8) is 0 Å². The minimum atomic E-state index is -0.401. The second-order valence-corrected chi connectivity index (χ2v) is 2.56. The van der Waals surface area contributed by atoms with E-state index in [2.05, 4.69) is 4.98 Å². The van der Waals surface area contributed by atoms with Crippen molar-refractivity contribution < 1.29 is 4.39 Å². The molecule has 0 saturated heterocycles. The van der Waals surface area contributed by atoms with Gasteiger partial charge in [0.15, 0.2) is 4.98 Å². The summed E-state index contributed by atoms with van der Waals surface area (Å²) in [5.74, 6) is -0.401.